The van der Waals surface area contributed by atoms with E-state index in [-0.39, 0.29) is 18.6 Å². The molecule has 1 unspecified atom stereocenters. The molecule has 3 rings (SSSR count). The van der Waals surface area contributed by atoms with E-state index in [1.165, 1.54) is 11.1 Å². The summed E-state index contributed by atoms with van der Waals surface area (Å²) in [5, 5.41) is 0. The smallest absolute Gasteiger partial charge is 0.265 e. The highest BCUT2D eigenvalue weighted by Gasteiger charge is 2.28. The Balaban J connectivity index is 1.73. The lowest BCUT2D eigenvalue weighted by Gasteiger charge is -2.35. The fraction of sp³-hybridized carbons (Fsp3) is 0.316. The van der Waals surface area contributed by atoms with E-state index >= 15 is 0 Å². The van der Waals surface area contributed by atoms with Crippen LogP contribution in [0.3, 0.4) is 0 Å². The van der Waals surface area contributed by atoms with Gasteiger partial charge in [-0.05, 0) is 50.5 Å². The van der Waals surface area contributed by atoms with Crippen LogP contribution in [0.2, 0.25) is 0 Å². The van der Waals surface area contributed by atoms with Crippen LogP contribution in [-0.2, 0) is 11.2 Å². The van der Waals surface area contributed by atoms with Gasteiger partial charge < -0.3 is 9.64 Å². The van der Waals surface area contributed by atoms with Crippen molar-refractivity contribution < 1.29 is 9.53 Å². The SMILES string of the molecule is Cc1ccc(OCC(=O)N2c3ccccc3CCC2C)cc1. The van der Waals surface area contributed by atoms with Gasteiger partial charge >= 0.3 is 0 Å². The van der Waals surface area contributed by atoms with Crippen molar-refractivity contribution in [3.05, 3.63) is 59.7 Å². The zero-order chi connectivity index (χ0) is 15.5. The van der Waals surface area contributed by atoms with Gasteiger partial charge in [-0.25, -0.2) is 0 Å². The van der Waals surface area contributed by atoms with Crippen LogP contribution in [0.25, 0.3) is 0 Å². The summed E-state index contributed by atoms with van der Waals surface area (Å²) >= 11 is 0. The first-order valence-corrected chi connectivity index (χ1v) is 7.74. The maximum Gasteiger partial charge on any atom is 0.265 e. The van der Waals surface area contributed by atoms with Gasteiger partial charge in [0, 0.05) is 11.7 Å². The minimum Gasteiger partial charge on any atom is -0.484 e. The van der Waals surface area contributed by atoms with E-state index in [1.54, 1.807) is 0 Å². The molecule has 1 heterocycles. The first-order chi connectivity index (χ1) is 10.6. The highest BCUT2D eigenvalue weighted by molar-refractivity contribution is 5.96. The molecule has 1 atom stereocenters. The molecule has 0 aliphatic carbocycles. The molecule has 0 N–H and O–H groups in total. The van der Waals surface area contributed by atoms with Crippen LogP contribution < -0.4 is 9.64 Å². The van der Waals surface area contributed by atoms with Gasteiger partial charge in [-0.15, -0.1) is 0 Å². The number of anilines is 1. The van der Waals surface area contributed by atoms with Crippen molar-refractivity contribution in [2.75, 3.05) is 11.5 Å². The van der Waals surface area contributed by atoms with Crippen molar-refractivity contribution in [2.45, 2.75) is 32.7 Å². The molecule has 0 saturated heterocycles. The standard InChI is InChI=1S/C19H21NO2/c1-14-7-11-17(12-8-14)22-13-19(21)20-15(2)9-10-16-5-3-4-6-18(16)20/h3-8,11-12,15H,9-10,13H2,1-2H3. The van der Waals surface area contributed by atoms with E-state index in [0.717, 1.165) is 24.3 Å². The predicted octanol–water partition coefficient (Wildman–Crippen LogP) is 3.74. The topological polar surface area (TPSA) is 29.5 Å². The Kier molecular flexibility index (Phi) is 4.14. The number of carbonyl (C=O) groups is 1. The van der Waals surface area contributed by atoms with E-state index in [1.807, 2.05) is 54.3 Å². The molecule has 1 aliphatic heterocycles. The molecule has 3 heteroatoms. The number of para-hydroxylation sites is 1. The molecular weight excluding hydrogens is 274 g/mol. The lowest BCUT2D eigenvalue weighted by molar-refractivity contribution is -0.121. The molecule has 114 valence electrons. The number of aryl methyl sites for hydroxylation is 2. The van der Waals surface area contributed by atoms with Crippen LogP contribution in [0.5, 0.6) is 5.75 Å². The predicted molar refractivity (Wildman–Crippen MR) is 88.4 cm³/mol. The van der Waals surface area contributed by atoms with E-state index in [0.29, 0.717) is 0 Å². The Labute approximate surface area is 131 Å². The third-order valence-corrected chi connectivity index (χ3v) is 4.18. The normalized spacial score (nSPS) is 17.0. The Morgan fingerprint density at radius 1 is 1.18 bits per heavy atom. The Morgan fingerprint density at radius 3 is 2.68 bits per heavy atom. The summed E-state index contributed by atoms with van der Waals surface area (Å²) in [6.07, 6.45) is 2.02. The molecule has 3 nitrogen and oxygen atoms in total. The van der Waals surface area contributed by atoms with Gasteiger partial charge in [-0.2, -0.15) is 0 Å². The molecule has 2 aromatic rings. The number of nitrogens with zero attached hydrogens (tertiary/aromatic N) is 1. The lowest BCUT2D eigenvalue weighted by Crippen LogP contribution is -2.44. The summed E-state index contributed by atoms with van der Waals surface area (Å²) in [6, 6.07) is 16.1. The van der Waals surface area contributed by atoms with Crippen molar-refractivity contribution >= 4 is 11.6 Å². The number of fused-ring (bicyclic) bond motifs is 1. The van der Waals surface area contributed by atoms with Crippen LogP contribution in [0.4, 0.5) is 5.69 Å². The van der Waals surface area contributed by atoms with Gasteiger partial charge in [0.05, 0.1) is 0 Å². The van der Waals surface area contributed by atoms with Gasteiger partial charge in [0.15, 0.2) is 6.61 Å². The highest BCUT2D eigenvalue weighted by atomic mass is 16.5. The zero-order valence-electron chi connectivity index (χ0n) is 13.1. The van der Waals surface area contributed by atoms with Crippen LogP contribution in [-0.4, -0.2) is 18.6 Å². The summed E-state index contributed by atoms with van der Waals surface area (Å²) in [6.45, 7) is 4.20. The second-order valence-corrected chi connectivity index (χ2v) is 5.88. The second kappa shape index (κ2) is 6.22. The Morgan fingerprint density at radius 2 is 1.91 bits per heavy atom. The summed E-state index contributed by atoms with van der Waals surface area (Å²) in [4.78, 5) is 14.5. The molecule has 0 bridgehead atoms. The quantitative estimate of drug-likeness (QED) is 0.863. The van der Waals surface area contributed by atoms with Crippen molar-refractivity contribution in [3.63, 3.8) is 0 Å². The molecule has 0 fully saturated rings. The van der Waals surface area contributed by atoms with Crippen LogP contribution in [0, 0.1) is 6.92 Å². The van der Waals surface area contributed by atoms with Gasteiger partial charge in [-0.1, -0.05) is 35.9 Å². The molecule has 0 radical (unpaired) electrons. The first-order valence-electron chi connectivity index (χ1n) is 7.74. The van der Waals surface area contributed by atoms with Gasteiger partial charge in [0.25, 0.3) is 5.91 Å². The van der Waals surface area contributed by atoms with E-state index < -0.39 is 0 Å². The zero-order valence-corrected chi connectivity index (χ0v) is 13.1. The summed E-state index contributed by atoms with van der Waals surface area (Å²) in [7, 11) is 0. The summed E-state index contributed by atoms with van der Waals surface area (Å²) in [5.41, 5.74) is 3.44. The Hall–Kier alpha value is -2.29. The molecule has 2 aromatic carbocycles. The van der Waals surface area contributed by atoms with Crippen LogP contribution in [0.1, 0.15) is 24.5 Å². The number of amides is 1. The van der Waals surface area contributed by atoms with Crippen molar-refractivity contribution in [2.24, 2.45) is 0 Å². The molecule has 1 aliphatic rings. The minimum absolute atomic E-state index is 0.0141. The number of ether oxygens (including phenoxy) is 1. The third kappa shape index (κ3) is 2.98. The van der Waals surface area contributed by atoms with Crippen LogP contribution in [0.15, 0.2) is 48.5 Å². The van der Waals surface area contributed by atoms with Gasteiger partial charge in [0.1, 0.15) is 5.75 Å². The average molecular weight is 295 g/mol. The molecule has 0 saturated carbocycles. The number of hydrogen-bond donors (Lipinski definition) is 0. The summed E-state index contributed by atoms with van der Waals surface area (Å²) < 4.78 is 5.65. The first kappa shape index (κ1) is 14.6. The molecule has 22 heavy (non-hydrogen) atoms. The van der Waals surface area contributed by atoms with E-state index in [4.69, 9.17) is 4.74 Å². The number of hydrogen-bond acceptors (Lipinski definition) is 2. The maximum absolute atomic E-state index is 12.6. The summed E-state index contributed by atoms with van der Waals surface area (Å²) in [5.74, 6) is 0.747. The lowest BCUT2D eigenvalue weighted by atomic mass is 9.96. The van der Waals surface area contributed by atoms with E-state index in [9.17, 15) is 4.79 Å². The fourth-order valence-electron chi connectivity index (χ4n) is 2.92. The van der Waals surface area contributed by atoms with Crippen LogP contribution >= 0.6 is 0 Å². The minimum atomic E-state index is 0.0141. The Bertz CT molecular complexity index is 663. The van der Waals surface area contributed by atoms with Crippen molar-refractivity contribution in [1.29, 1.82) is 0 Å². The maximum atomic E-state index is 12.6. The molecule has 0 aromatic heterocycles. The van der Waals surface area contributed by atoms with Crippen molar-refractivity contribution in [3.8, 4) is 5.75 Å². The monoisotopic (exact) mass is 295 g/mol. The number of benzene rings is 2. The fourth-order valence-corrected chi connectivity index (χ4v) is 2.92. The van der Waals surface area contributed by atoms with E-state index in [2.05, 4.69) is 13.0 Å². The molecule has 1 amide bonds. The third-order valence-electron chi connectivity index (χ3n) is 4.18. The second-order valence-electron chi connectivity index (χ2n) is 5.88. The molecular formula is C19H21NO2. The van der Waals surface area contributed by atoms with Crippen molar-refractivity contribution in [1.82, 2.24) is 0 Å². The largest absolute Gasteiger partial charge is 0.484 e. The number of rotatable bonds is 3. The van der Waals surface area contributed by atoms with Gasteiger partial charge in [0.2, 0.25) is 0 Å². The average Bonchev–Trinajstić information content (AvgIpc) is 2.54. The van der Waals surface area contributed by atoms with Gasteiger partial charge in [-0.3, -0.25) is 4.79 Å². The highest BCUT2D eigenvalue weighted by Crippen LogP contribution is 2.30. The number of carbonyl (C=O) groups excluding carboxylic acids is 1. The molecule has 0 spiro atoms.